The molecule has 0 bridgehead atoms. The van der Waals surface area contributed by atoms with Crippen molar-refractivity contribution in [3.8, 4) is 0 Å². The molecule has 6 aromatic carbocycles. The number of nitrogens with one attached hydrogen (secondary N) is 1. The standard InChI is InChI=1S/C60H57N5O15S5/c66-55-28-29-56(67)65(55)34-30-61-60(68)42-38-40(20-22-50-46-17-7-16-45-49(24-25-52(57(45)46)63(50)32-10-36-83(72,73)74)62(31-9-35-82(69,70)71)43-12-3-1-4-13-43)59(81-44-14-5-2-6-15-44)41(39-42)21-23-51-47-18-8-19-48-54(85(78,79)80)27-26-53(58(47)48)64(51)33-11-37-84(75,76)77/h1-8,12-29,42H,9-11,30-39H2,(H4-,61,68,69,70,71,72,73,74,75,76,77,78,79,80)/p+1. The summed E-state index contributed by atoms with van der Waals surface area (Å²) in [5.74, 6) is -3.73. The summed E-state index contributed by atoms with van der Waals surface area (Å²) >= 11 is 1.44. The van der Waals surface area contributed by atoms with Crippen molar-refractivity contribution in [2.24, 2.45) is 5.92 Å². The van der Waals surface area contributed by atoms with Crippen LogP contribution in [0.4, 0.5) is 17.1 Å². The molecule has 3 aliphatic rings. The van der Waals surface area contributed by atoms with Crippen molar-refractivity contribution >= 4 is 131 Å². The highest BCUT2D eigenvalue weighted by Gasteiger charge is 2.35. The fourth-order valence-electron chi connectivity index (χ4n) is 11.3. The first-order valence-electron chi connectivity index (χ1n) is 27.0. The van der Waals surface area contributed by atoms with Crippen molar-refractivity contribution in [2.45, 2.75) is 48.4 Å². The topological polar surface area (TPSA) is 295 Å². The van der Waals surface area contributed by atoms with Crippen LogP contribution >= 0.6 is 11.8 Å². The Bertz CT molecular complexity index is 4520. The third-order valence-corrected chi connectivity index (χ3v) is 19.5. The van der Waals surface area contributed by atoms with Gasteiger partial charge in [-0.3, -0.25) is 37.5 Å². The quantitative estimate of drug-likeness (QED) is 0.0219. The minimum absolute atomic E-state index is 0.0208. The maximum absolute atomic E-state index is 14.6. The van der Waals surface area contributed by atoms with Gasteiger partial charge in [0.1, 0.15) is 4.90 Å². The molecule has 7 aromatic rings. The lowest BCUT2D eigenvalue weighted by Crippen LogP contribution is -2.40. The van der Waals surface area contributed by atoms with Crippen LogP contribution in [0.5, 0.6) is 0 Å². The Balaban J connectivity index is 1.15. The number of para-hydroxylation sites is 1. The van der Waals surface area contributed by atoms with Gasteiger partial charge in [0.25, 0.3) is 52.3 Å². The zero-order chi connectivity index (χ0) is 60.4. The largest absolute Gasteiger partial charge is 0.354 e. The molecule has 3 amide bonds. The predicted octanol–water partition coefficient (Wildman–Crippen LogP) is 7.79. The van der Waals surface area contributed by atoms with E-state index in [1.54, 1.807) is 28.8 Å². The highest BCUT2D eigenvalue weighted by atomic mass is 32.2. The normalized spacial score (nSPS) is 16.7. The molecule has 3 heterocycles. The van der Waals surface area contributed by atoms with Crippen molar-refractivity contribution < 1.29 is 70.8 Å². The zero-order valence-electron chi connectivity index (χ0n) is 45.4. The number of imide groups is 1. The second-order valence-corrected chi connectivity index (χ2v) is 27.8. The zero-order valence-corrected chi connectivity index (χ0v) is 49.5. The number of aryl methyl sites for hydroxylation is 1. The number of benzene rings is 6. The van der Waals surface area contributed by atoms with E-state index in [2.05, 4.69) is 5.32 Å². The molecule has 1 aliphatic carbocycles. The molecular weight excluding hydrogens is 1190 g/mol. The average molecular weight is 1250 g/mol. The van der Waals surface area contributed by atoms with Crippen LogP contribution in [0.15, 0.2) is 178 Å². The summed E-state index contributed by atoms with van der Waals surface area (Å²) in [7, 11) is -17.7. The Morgan fingerprint density at radius 1 is 0.659 bits per heavy atom. The number of amides is 3. The molecule has 1 unspecified atom stereocenters. The highest BCUT2D eigenvalue weighted by Crippen LogP contribution is 2.46. The number of nitrogens with zero attached hydrogens (tertiary/aromatic N) is 4. The molecule has 20 nitrogen and oxygen atoms in total. The van der Waals surface area contributed by atoms with Crippen LogP contribution in [0.2, 0.25) is 0 Å². The van der Waals surface area contributed by atoms with Crippen molar-refractivity contribution in [3.05, 3.63) is 179 Å². The Morgan fingerprint density at radius 2 is 1.31 bits per heavy atom. The van der Waals surface area contributed by atoms with Crippen molar-refractivity contribution in [1.82, 2.24) is 14.8 Å². The smallest absolute Gasteiger partial charge is 0.295 e. The Kier molecular flexibility index (Phi) is 17.6. The Morgan fingerprint density at radius 3 is 2.00 bits per heavy atom. The van der Waals surface area contributed by atoms with E-state index in [0.29, 0.717) is 38.5 Å². The lowest BCUT2D eigenvalue weighted by Gasteiger charge is -2.28. The summed E-state index contributed by atoms with van der Waals surface area (Å²) < 4.78 is 141. The Hall–Kier alpha value is -7.59. The van der Waals surface area contributed by atoms with Crippen molar-refractivity contribution in [3.63, 3.8) is 0 Å². The van der Waals surface area contributed by atoms with Crippen LogP contribution < -0.4 is 15.6 Å². The molecule has 1 atom stereocenters. The number of thioether (sulfide) groups is 1. The van der Waals surface area contributed by atoms with E-state index >= 15 is 0 Å². The number of rotatable bonds is 24. The van der Waals surface area contributed by atoms with Gasteiger partial charge in [0.15, 0.2) is 6.54 Å². The van der Waals surface area contributed by atoms with Crippen LogP contribution in [0.25, 0.3) is 38.5 Å². The number of carbonyl (C=O) groups excluding carboxylic acids is 3. The van der Waals surface area contributed by atoms with E-state index in [1.807, 2.05) is 119 Å². The van der Waals surface area contributed by atoms with Gasteiger partial charge in [-0.25, -0.2) is 0 Å². The van der Waals surface area contributed by atoms with Gasteiger partial charge in [-0.2, -0.15) is 38.2 Å². The molecule has 2 aliphatic heterocycles. The molecule has 0 fully saturated rings. The van der Waals surface area contributed by atoms with Crippen LogP contribution in [0.1, 0.15) is 37.7 Å². The SMILES string of the molecule is O=C(NCCN1C(=O)C=CC1=O)C1CC(/C=C/C2=[N+](CCCS(=O)(=O)O)c3ccc(N(CCCS(=O)(=O)O)c4ccccc4)c4cccc2c34)=C(Sc2ccccc2)C(=C/C=c2\c3cccc4c(S(=O)(=O)O)ccc(c43)n2CCCS(=O)(=O)O)/C1. The number of carbonyl (C=O) groups is 3. The number of hydrogen-bond donors (Lipinski definition) is 5. The highest BCUT2D eigenvalue weighted by molar-refractivity contribution is 8.03. The fourth-order valence-corrected chi connectivity index (χ4v) is 14.6. The van der Waals surface area contributed by atoms with E-state index in [4.69, 9.17) is 0 Å². The van der Waals surface area contributed by atoms with Crippen molar-refractivity contribution in [2.75, 3.05) is 48.3 Å². The molecule has 1 aromatic heterocycles. The summed E-state index contributed by atoms with van der Waals surface area (Å²) in [4.78, 5) is 43.8. The van der Waals surface area contributed by atoms with E-state index in [0.717, 1.165) is 60.3 Å². The first-order chi connectivity index (χ1) is 40.4. The number of aromatic nitrogens is 1. The third kappa shape index (κ3) is 13.9. The van der Waals surface area contributed by atoms with Gasteiger partial charge in [0.05, 0.1) is 28.2 Å². The molecule has 442 valence electrons. The molecule has 5 N–H and O–H groups in total. The molecule has 0 spiro atoms. The maximum Gasteiger partial charge on any atom is 0.295 e. The summed E-state index contributed by atoms with van der Waals surface area (Å²) in [5.41, 5.74) is 5.51. The van der Waals surface area contributed by atoms with Gasteiger partial charge in [0, 0.05) is 116 Å². The van der Waals surface area contributed by atoms with E-state index in [-0.39, 0.29) is 81.0 Å². The fraction of sp³-hybridized carbons (Fsp3) is 0.233. The monoisotopic (exact) mass is 1250 g/mol. The minimum Gasteiger partial charge on any atom is -0.354 e. The van der Waals surface area contributed by atoms with Gasteiger partial charge >= 0.3 is 0 Å². The van der Waals surface area contributed by atoms with Crippen LogP contribution in [-0.4, -0.2) is 133 Å². The van der Waals surface area contributed by atoms with Crippen LogP contribution in [-0.2, 0) is 61.4 Å². The summed E-state index contributed by atoms with van der Waals surface area (Å²) in [5, 5.41) is 6.28. The summed E-state index contributed by atoms with van der Waals surface area (Å²) in [6.07, 6.45) is 10.2. The molecule has 85 heavy (non-hydrogen) atoms. The van der Waals surface area contributed by atoms with E-state index in [1.165, 1.54) is 23.9 Å². The summed E-state index contributed by atoms with van der Waals surface area (Å²) in [6.45, 7) is 0.266. The molecule has 10 rings (SSSR count). The number of anilines is 2. The first kappa shape index (κ1) is 60.5. The van der Waals surface area contributed by atoms with E-state index < -0.39 is 75.5 Å². The average Bonchev–Trinajstić information content (AvgIpc) is 1.87. The van der Waals surface area contributed by atoms with Gasteiger partial charge in [0.2, 0.25) is 17.3 Å². The second kappa shape index (κ2) is 24.8. The van der Waals surface area contributed by atoms with Crippen molar-refractivity contribution in [1.29, 1.82) is 0 Å². The first-order valence-corrected chi connectivity index (χ1v) is 34.1. The molecule has 0 saturated heterocycles. The molecule has 0 saturated carbocycles. The molecule has 25 heteroatoms. The van der Waals surface area contributed by atoms with Gasteiger partial charge in [-0.05, 0) is 91.4 Å². The lowest BCUT2D eigenvalue weighted by molar-refractivity contribution is -0.435. The van der Waals surface area contributed by atoms with Gasteiger partial charge in [-0.1, -0.05) is 90.6 Å². The third-order valence-electron chi connectivity index (χ3n) is 14.9. The van der Waals surface area contributed by atoms with Crippen LogP contribution in [0, 0.1) is 5.92 Å². The Labute approximate surface area is 495 Å². The maximum atomic E-state index is 14.6. The number of allylic oxidation sites excluding steroid dienone is 5. The minimum atomic E-state index is -4.71. The van der Waals surface area contributed by atoms with Crippen LogP contribution in [0.3, 0.4) is 0 Å². The molecule has 0 radical (unpaired) electrons. The van der Waals surface area contributed by atoms with Gasteiger partial charge in [-0.15, -0.1) is 0 Å². The lowest BCUT2D eigenvalue weighted by atomic mass is 9.84. The van der Waals surface area contributed by atoms with E-state index in [9.17, 15) is 66.3 Å². The number of hydrogen-bond acceptors (Lipinski definition) is 13. The molecular formula is C60H58N5O15S5+. The van der Waals surface area contributed by atoms with Gasteiger partial charge < -0.3 is 14.8 Å². The summed E-state index contributed by atoms with van der Waals surface area (Å²) in [6, 6.07) is 36.1. The predicted molar refractivity (Wildman–Crippen MR) is 326 cm³/mol. The second-order valence-electron chi connectivity index (χ2n) is 20.6.